The summed E-state index contributed by atoms with van der Waals surface area (Å²) in [5, 5.41) is 0. The quantitative estimate of drug-likeness (QED) is 0.415. The molecule has 17 heavy (non-hydrogen) atoms. The van der Waals surface area contributed by atoms with E-state index in [-0.39, 0.29) is 5.57 Å². The van der Waals surface area contributed by atoms with Crippen LogP contribution in [0.25, 0.3) is 6.08 Å². The maximum absolute atomic E-state index is 11.6. The van der Waals surface area contributed by atoms with Gasteiger partial charge < -0.3 is 9.47 Å². The minimum absolute atomic E-state index is 0.115. The summed E-state index contributed by atoms with van der Waals surface area (Å²) in [6.07, 6.45) is 4.55. The van der Waals surface area contributed by atoms with Crippen LogP contribution in [0, 0.1) is 0 Å². The Labute approximate surface area is 98.1 Å². The molecule has 0 aliphatic carbocycles. The molecular weight excluding hydrogens is 222 g/mol. The number of carbonyl (C=O) groups is 2. The van der Waals surface area contributed by atoms with Gasteiger partial charge in [0.1, 0.15) is 5.57 Å². The van der Waals surface area contributed by atoms with Crippen LogP contribution in [0.3, 0.4) is 0 Å². The lowest BCUT2D eigenvalue weighted by molar-refractivity contribution is -0.222. The zero-order chi connectivity index (χ0) is 12.5. The molecule has 0 radical (unpaired) electrons. The minimum atomic E-state index is -1.20. The second-order valence-electron chi connectivity index (χ2n) is 4.02. The largest absolute Gasteiger partial charge is 0.419 e. The minimum Gasteiger partial charge on any atom is -0.419 e. The monoisotopic (exact) mass is 233 g/mol. The van der Waals surface area contributed by atoms with Crippen LogP contribution >= 0.6 is 0 Å². The second kappa shape index (κ2) is 4.01. The highest BCUT2D eigenvalue weighted by Crippen LogP contribution is 2.23. The number of ether oxygens (including phenoxy) is 2. The number of esters is 2. The van der Waals surface area contributed by atoms with Crippen molar-refractivity contribution in [3.63, 3.8) is 0 Å². The van der Waals surface area contributed by atoms with Crippen molar-refractivity contribution >= 4 is 18.0 Å². The molecule has 2 heterocycles. The van der Waals surface area contributed by atoms with Gasteiger partial charge >= 0.3 is 11.9 Å². The van der Waals surface area contributed by atoms with E-state index < -0.39 is 17.7 Å². The molecule has 0 saturated carbocycles. The van der Waals surface area contributed by atoms with Crippen LogP contribution in [0.4, 0.5) is 0 Å². The van der Waals surface area contributed by atoms with E-state index in [0.717, 1.165) is 0 Å². The number of carbonyl (C=O) groups excluding carboxylic acids is 2. The van der Waals surface area contributed by atoms with E-state index in [1.807, 2.05) is 0 Å². The van der Waals surface area contributed by atoms with Gasteiger partial charge in [-0.1, -0.05) is 0 Å². The topological polar surface area (TPSA) is 65.5 Å². The van der Waals surface area contributed by atoms with Gasteiger partial charge in [0.2, 0.25) is 0 Å². The number of pyridine rings is 1. The molecule has 2 rings (SSSR count). The zero-order valence-electron chi connectivity index (χ0n) is 9.47. The van der Waals surface area contributed by atoms with E-state index in [1.54, 1.807) is 24.5 Å². The van der Waals surface area contributed by atoms with Crippen LogP contribution in [0.2, 0.25) is 0 Å². The van der Waals surface area contributed by atoms with E-state index in [9.17, 15) is 9.59 Å². The summed E-state index contributed by atoms with van der Waals surface area (Å²) in [4.78, 5) is 27.1. The average molecular weight is 233 g/mol. The van der Waals surface area contributed by atoms with Crippen molar-refractivity contribution in [1.29, 1.82) is 0 Å². The molecule has 1 aromatic rings. The highest BCUT2D eigenvalue weighted by atomic mass is 16.7. The van der Waals surface area contributed by atoms with Crippen molar-refractivity contribution in [2.24, 2.45) is 0 Å². The number of rotatable bonds is 1. The molecule has 1 fully saturated rings. The number of cyclic esters (lactones) is 2. The Morgan fingerprint density at radius 1 is 1.12 bits per heavy atom. The first-order valence-electron chi connectivity index (χ1n) is 5.06. The molecule has 0 spiro atoms. The Kier molecular flexibility index (Phi) is 2.67. The fraction of sp³-hybridized carbons (Fsp3) is 0.250. The first-order chi connectivity index (χ1) is 7.98. The van der Waals surface area contributed by atoms with Gasteiger partial charge in [-0.25, -0.2) is 9.59 Å². The predicted molar refractivity (Wildman–Crippen MR) is 58.5 cm³/mol. The molecule has 1 aliphatic heterocycles. The molecule has 5 heteroatoms. The lowest BCUT2D eigenvalue weighted by atomic mass is 10.1. The van der Waals surface area contributed by atoms with Crippen molar-refractivity contribution < 1.29 is 19.1 Å². The fourth-order valence-corrected chi connectivity index (χ4v) is 1.40. The third-order valence-corrected chi connectivity index (χ3v) is 2.13. The van der Waals surface area contributed by atoms with Crippen molar-refractivity contribution in [2.45, 2.75) is 19.6 Å². The lowest BCUT2D eigenvalue weighted by Crippen LogP contribution is -2.41. The summed E-state index contributed by atoms with van der Waals surface area (Å²) < 4.78 is 9.93. The zero-order valence-corrected chi connectivity index (χ0v) is 9.47. The van der Waals surface area contributed by atoms with Crippen LogP contribution in [-0.2, 0) is 19.1 Å². The number of hydrogen-bond donors (Lipinski definition) is 0. The normalized spacial score (nSPS) is 18.4. The van der Waals surface area contributed by atoms with Crippen molar-refractivity contribution in [2.75, 3.05) is 0 Å². The number of aromatic nitrogens is 1. The molecular formula is C12H11NO4. The Balaban J connectivity index is 2.31. The fourth-order valence-electron chi connectivity index (χ4n) is 1.40. The SMILES string of the molecule is CC1(C)OC(=O)C(=Cc2ccncc2)C(=O)O1. The predicted octanol–water partition coefficient (Wildman–Crippen LogP) is 1.30. The van der Waals surface area contributed by atoms with Crippen LogP contribution < -0.4 is 0 Å². The van der Waals surface area contributed by atoms with E-state index in [0.29, 0.717) is 5.56 Å². The first-order valence-corrected chi connectivity index (χ1v) is 5.06. The summed E-state index contributed by atoms with van der Waals surface area (Å²) >= 11 is 0. The molecule has 0 bridgehead atoms. The summed E-state index contributed by atoms with van der Waals surface area (Å²) in [6, 6.07) is 3.35. The maximum Gasteiger partial charge on any atom is 0.348 e. The standard InChI is InChI=1S/C12H11NO4/c1-12(2)16-10(14)9(11(15)17-12)7-8-3-5-13-6-4-8/h3-7H,1-2H3. The first kappa shape index (κ1) is 11.3. The molecule has 0 unspecified atom stereocenters. The van der Waals surface area contributed by atoms with E-state index in [4.69, 9.17) is 9.47 Å². The van der Waals surface area contributed by atoms with Crippen LogP contribution in [0.15, 0.2) is 30.1 Å². The highest BCUT2D eigenvalue weighted by Gasteiger charge is 2.38. The molecule has 88 valence electrons. The van der Waals surface area contributed by atoms with Gasteiger partial charge in [0.15, 0.2) is 0 Å². The highest BCUT2D eigenvalue weighted by molar-refractivity contribution is 6.18. The molecule has 5 nitrogen and oxygen atoms in total. The van der Waals surface area contributed by atoms with Gasteiger partial charge in [-0.05, 0) is 23.8 Å². The Bertz CT molecular complexity index is 468. The summed E-state index contributed by atoms with van der Waals surface area (Å²) in [5.41, 5.74) is 0.569. The molecule has 1 aliphatic rings. The molecule has 0 amide bonds. The van der Waals surface area contributed by atoms with Gasteiger partial charge in [-0.15, -0.1) is 0 Å². The van der Waals surface area contributed by atoms with E-state index in [2.05, 4.69) is 4.98 Å². The van der Waals surface area contributed by atoms with Gasteiger partial charge in [-0.2, -0.15) is 0 Å². The second-order valence-corrected chi connectivity index (χ2v) is 4.02. The molecule has 0 N–H and O–H groups in total. The van der Waals surface area contributed by atoms with Gasteiger partial charge in [0, 0.05) is 26.2 Å². The average Bonchev–Trinajstić information content (AvgIpc) is 2.24. The van der Waals surface area contributed by atoms with Gasteiger partial charge in [-0.3, -0.25) is 4.98 Å². The summed E-state index contributed by atoms with van der Waals surface area (Å²) in [7, 11) is 0. The Morgan fingerprint density at radius 2 is 1.65 bits per heavy atom. The van der Waals surface area contributed by atoms with Gasteiger partial charge in [0.25, 0.3) is 5.79 Å². The maximum atomic E-state index is 11.6. The number of hydrogen-bond acceptors (Lipinski definition) is 5. The van der Waals surface area contributed by atoms with Crippen molar-refractivity contribution in [1.82, 2.24) is 4.98 Å². The van der Waals surface area contributed by atoms with Crippen LogP contribution in [-0.4, -0.2) is 22.7 Å². The molecule has 1 saturated heterocycles. The Hall–Kier alpha value is -2.17. The van der Waals surface area contributed by atoms with Crippen LogP contribution in [0.1, 0.15) is 19.4 Å². The smallest absolute Gasteiger partial charge is 0.348 e. The lowest BCUT2D eigenvalue weighted by Gasteiger charge is -2.29. The Morgan fingerprint density at radius 3 is 2.18 bits per heavy atom. The molecule has 0 aromatic carbocycles. The summed E-state index contributed by atoms with van der Waals surface area (Å²) in [5.74, 6) is -2.56. The third kappa shape index (κ3) is 2.50. The van der Waals surface area contributed by atoms with Crippen LogP contribution in [0.5, 0.6) is 0 Å². The van der Waals surface area contributed by atoms with Crippen molar-refractivity contribution in [3.8, 4) is 0 Å². The van der Waals surface area contributed by atoms with Gasteiger partial charge in [0.05, 0.1) is 0 Å². The van der Waals surface area contributed by atoms with Crippen molar-refractivity contribution in [3.05, 3.63) is 35.7 Å². The third-order valence-electron chi connectivity index (χ3n) is 2.13. The molecule has 0 atom stereocenters. The molecule has 1 aromatic heterocycles. The summed E-state index contributed by atoms with van der Waals surface area (Å²) in [6.45, 7) is 3.01. The van der Waals surface area contributed by atoms with E-state index >= 15 is 0 Å². The van der Waals surface area contributed by atoms with E-state index in [1.165, 1.54) is 19.9 Å². The number of nitrogens with zero attached hydrogens (tertiary/aromatic N) is 1.